The van der Waals surface area contributed by atoms with Crippen LogP contribution in [0.15, 0.2) is 42.5 Å². The molecular weight excluding hydrogens is 263 g/mol. The van der Waals surface area contributed by atoms with Gasteiger partial charge in [-0.1, -0.05) is 41.9 Å². The van der Waals surface area contributed by atoms with Gasteiger partial charge in [-0.3, -0.25) is 0 Å². The highest BCUT2D eigenvalue weighted by Gasteiger charge is 2.12. The first kappa shape index (κ1) is 13.5. The Kier molecular flexibility index (Phi) is 4.31. The zero-order valence-electron chi connectivity index (χ0n) is 10.6. The summed E-state index contributed by atoms with van der Waals surface area (Å²) in [6.07, 6.45) is 0.822. The summed E-state index contributed by atoms with van der Waals surface area (Å²) in [7, 11) is 0. The largest absolute Gasteiger partial charge is 0.117 e. The topological polar surface area (TPSA) is 0 Å². The summed E-state index contributed by atoms with van der Waals surface area (Å²) < 4.78 is 0. The standard InChI is InChI=1S/C16H16Cl2/c1-11-4-3-5-15(12(11)2)16(18)10-13-6-8-14(17)9-7-13/h3-9,16H,10H2,1-2H3. The molecule has 0 N–H and O–H groups in total. The average molecular weight is 279 g/mol. The summed E-state index contributed by atoms with van der Waals surface area (Å²) >= 11 is 12.4. The molecule has 0 saturated carbocycles. The predicted molar refractivity (Wildman–Crippen MR) is 79.7 cm³/mol. The van der Waals surface area contributed by atoms with Crippen LogP contribution in [0.3, 0.4) is 0 Å². The van der Waals surface area contributed by atoms with E-state index in [2.05, 4.69) is 32.0 Å². The van der Waals surface area contributed by atoms with E-state index < -0.39 is 0 Å². The fourth-order valence-corrected chi connectivity index (χ4v) is 2.59. The first-order chi connectivity index (χ1) is 8.58. The molecule has 2 aromatic carbocycles. The Morgan fingerprint density at radius 1 is 1.00 bits per heavy atom. The van der Waals surface area contributed by atoms with E-state index >= 15 is 0 Å². The van der Waals surface area contributed by atoms with E-state index in [1.165, 1.54) is 22.3 Å². The minimum atomic E-state index is 0.00563. The minimum absolute atomic E-state index is 0.00563. The van der Waals surface area contributed by atoms with Gasteiger partial charge in [0.15, 0.2) is 0 Å². The van der Waals surface area contributed by atoms with Crippen LogP contribution in [0.2, 0.25) is 5.02 Å². The summed E-state index contributed by atoms with van der Waals surface area (Å²) in [6, 6.07) is 14.2. The van der Waals surface area contributed by atoms with E-state index in [9.17, 15) is 0 Å². The van der Waals surface area contributed by atoms with E-state index in [0.717, 1.165) is 11.4 Å². The van der Waals surface area contributed by atoms with Crippen molar-refractivity contribution in [1.29, 1.82) is 0 Å². The van der Waals surface area contributed by atoms with Gasteiger partial charge < -0.3 is 0 Å². The second kappa shape index (κ2) is 5.77. The summed E-state index contributed by atoms with van der Waals surface area (Å²) in [5.41, 5.74) is 4.99. The zero-order valence-corrected chi connectivity index (χ0v) is 12.1. The highest BCUT2D eigenvalue weighted by molar-refractivity contribution is 6.30. The molecule has 94 valence electrons. The molecule has 0 amide bonds. The summed E-state index contributed by atoms with van der Waals surface area (Å²) in [6.45, 7) is 4.24. The SMILES string of the molecule is Cc1cccc(C(Cl)Cc2ccc(Cl)cc2)c1C. The molecule has 0 saturated heterocycles. The maximum atomic E-state index is 6.52. The number of alkyl halides is 1. The predicted octanol–water partition coefficient (Wildman–Crippen LogP) is 5.48. The molecule has 1 atom stereocenters. The lowest BCUT2D eigenvalue weighted by Crippen LogP contribution is -1.99. The molecule has 0 radical (unpaired) electrons. The van der Waals surface area contributed by atoms with Crippen molar-refractivity contribution in [2.24, 2.45) is 0 Å². The van der Waals surface area contributed by atoms with Crippen LogP contribution in [0.1, 0.15) is 27.6 Å². The molecule has 0 bridgehead atoms. The summed E-state index contributed by atoms with van der Waals surface area (Å²) in [4.78, 5) is 0. The Balaban J connectivity index is 2.19. The second-order valence-corrected chi connectivity index (χ2v) is 5.55. The lowest BCUT2D eigenvalue weighted by atomic mass is 9.97. The van der Waals surface area contributed by atoms with Crippen LogP contribution in [0, 0.1) is 13.8 Å². The third-order valence-electron chi connectivity index (χ3n) is 3.31. The maximum absolute atomic E-state index is 6.52. The number of hydrogen-bond acceptors (Lipinski definition) is 0. The zero-order chi connectivity index (χ0) is 13.1. The van der Waals surface area contributed by atoms with Crippen LogP contribution in [0.5, 0.6) is 0 Å². The molecule has 2 heteroatoms. The van der Waals surface area contributed by atoms with Crippen LogP contribution in [0.25, 0.3) is 0 Å². The van der Waals surface area contributed by atoms with Gasteiger partial charge in [0.1, 0.15) is 0 Å². The summed E-state index contributed by atoms with van der Waals surface area (Å²) in [5, 5.41) is 0.766. The molecule has 2 aromatic rings. The van der Waals surface area contributed by atoms with Crippen LogP contribution in [0.4, 0.5) is 0 Å². The molecule has 18 heavy (non-hydrogen) atoms. The lowest BCUT2D eigenvalue weighted by molar-refractivity contribution is 0.907. The van der Waals surface area contributed by atoms with Gasteiger partial charge in [0.2, 0.25) is 0 Å². The van der Waals surface area contributed by atoms with Gasteiger partial charge in [-0.15, -0.1) is 11.6 Å². The van der Waals surface area contributed by atoms with Crippen LogP contribution in [-0.2, 0) is 6.42 Å². The first-order valence-corrected chi connectivity index (χ1v) is 6.84. The van der Waals surface area contributed by atoms with Crippen molar-refractivity contribution in [2.45, 2.75) is 25.6 Å². The fraction of sp³-hybridized carbons (Fsp3) is 0.250. The van der Waals surface area contributed by atoms with Crippen molar-refractivity contribution in [1.82, 2.24) is 0 Å². The van der Waals surface area contributed by atoms with Crippen molar-refractivity contribution in [3.05, 3.63) is 69.7 Å². The van der Waals surface area contributed by atoms with Crippen molar-refractivity contribution in [3.63, 3.8) is 0 Å². The van der Waals surface area contributed by atoms with Gasteiger partial charge in [-0.05, 0) is 54.7 Å². The Hall–Kier alpha value is -0.980. The molecule has 0 aliphatic rings. The normalized spacial score (nSPS) is 12.4. The number of aryl methyl sites for hydroxylation is 1. The fourth-order valence-electron chi connectivity index (χ4n) is 2.05. The van der Waals surface area contributed by atoms with Crippen molar-refractivity contribution in [2.75, 3.05) is 0 Å². The molecule has 0 aromatic heterocycles. The van der Waals surface area contributed by atoms with E-state index in [4.69, 9.17) is 23.2 Å². The van der Waals surface area contributed by atoms with Gasteiger partial charge in [0.05, 0.1) is 5.38 Å². The molecule has 0 nitrogen and oxygen atoms in total. The first-order valence-electron chi connectivity index (χ1n) is 6.02. The number of halogens is 2. The quantitative estimate of drug-likeness (QED) is 0.653. The van der Waals surface area contributed by atoms with Gasteiger partial charge in [0, 0.05) is 5.02 Å². The van der Waals surface area contributed by atoms with E-state index in [-0.39, 0.29) is 5.38 Å². The lowest BCUT2D eigenvalue weighted by Gasteiger charge is -2.14. The molecule has 0 heterocycles. The van der Waals surface area contributed by atoms with E-state index in [1.54, 1.807) is 0 Å². The van der Waals surface area contributed by atoms with Crippen LogP contribution < -0.4 is 0 Å². The van der Waals surface area contributed by atoms with Crippen molar-refractivity contribution >= 4 is 23.2 Å². The monoisotopic (exact) mass is 278 g/mol. The van der Waals surface area contributed by atoms with Gasteiger partial charge in [0.25, 0.3) is 0 Å². The highest BCUT2D eigenvalue weighted by atomic mass is 35.5. The van der Waals surface area contributed by atoms with E-state index in [1.807, 2.05) is 24.3 Å². The van der Waals surface area contributed by atoms with Crippen molar-refractivity contribution in [3.8, 4) is 0 Å². The Morgan fingerprint density at radius 2 is 1.67 bits per heavy atom. The Labute approximate surface area is 119 Å². The van der Waals surface area contributed by atoms with Crippen molar-refractivity contribution < 1.29 is 0 Å². The third kappa shape index (κ3) is 3.07. The molecule has 2 rings (SSSR count). The average Bonchev–Trinajstić information content (AvgIpc) is 2.35. The highest BCUT2D eigenvalue weighted by Crippen LogP contribution is 2.29. The minimum Gasteiger partial charge on any atom is -0.117 e. The smallest absolute Gasteiger partial charge is 0.0628 e. The second-order valence-electron chi connectivity index (χ2n) is 4.59. The molecule has 0 spiro atoms. The molecule has 1 unspecified atom stereocenters. The number of rotatable bonds is 3. The van der Waals surface area contributed by atoms with Gasteiger partial charge in [-0.25, -0.2) is 0 Å². The van der Waals surface area contributed by atoms with Crippen LogP contribution >= 0.6 is 23.2 Å². The van der Waals surface area contributed by atoms with Gasteiger partial charge >= 0.3 is 0 Å². The molecule has 0 fully saturated rings. The van der Waals surface area contributed by atoms with Crippen LogP contribution in [-0.4, -0.2) is 0 Å². The summed E-state index contributed by atoms with van der Waals surface area (Å²) in [5.74, 6) is 0. The Bertz CT molecular complexity index is 529. The van der Waals surface area contributed by atoms with E-state index in [0.29, 0.717) is 0 Å². The van der Waals surface area contributed by atoms with Gasteiger partial charge in [-0.2, -0.15) is 0 Å². The number of benzene rings is 2. The Morgan fingerprint density at radius 3 is 2.33 bits per heavy atom. The number of hydrogen-bond donors (Lipinski definition) is 0. The molecule has 0 aliphatic carbocycles. The molecular formula is C16H16Cl2. The third-order valence-corrected chi connectivity index (χ3v) is 3.95. The maximum Gasteiger partial charge on any atom is 0.0628 e. The molecule has 0 aliphatic heterocycles.